The predicted molar refractivity (Wildman–Crippen MR) is 83.8 cm³/mol. The minimum Gasteiger partial charge on any atom is -0.358 e. The topological polar surface area (TPSA) is 27.8 Å². The van der Waals surface area contributed by atoms with Gasteiger partial charge in [0.15, 0.2) is 0 Å². The lowest BCUT2D eigenvalue weighted by atomic mass is 9.63. The molecular weight excluding hydrogens is 244 g/mol. The zero-order valence-electron chi connectivity index (χ0n) is 11.9. The second-order valence-electron chi connectivity index (χ2n) is 6.41. The summed E-state index contributed by atoms with van der Waals surface area (Å²) in [5.74, 6) is 0. The molecule has 2 atom stereocenters. The van der Waals surface area contributed by atoms with Crippen LogP contribution in [0.25, 0.3) is 10.9 Å². The van der Waals surface area contributed by atoms with E-state index in [1.165, 1.54) is 47.8 Å². The molecule has 4 rings (SSSR count). The molecule has 2 heteroatoms. The maximum absolute atomic E-state index is 4.01. The minimum atomic E-state index is 0.387. The highest BCUT2D eigenvalue weighted by atomic mass is 15.0. The van der Waals surface area contributed by atoms with E-state index >= 15 is 0 Å². The molecule has 0 unspecified atom stereocenters. The van der Waals surface area contributed by atoms with Crippen molar-refractivity contribution in [2.24, 2.45) is 5.41 Å². The Morgan fingerprint density at radius 2 is 2.20 bits per heavy atom. The minimum absolute atomic E-state index is 0.387. The van der Waals surface area contributed by atoms with Gasteiger partial charge in [-0.15, -0.1) is 6.58 Å². The zero-order valence-corrected chi connectivity index (χ0v) is 11.9. The van der Waals surface area contributed by atoms with Crippen molar-refractivity contribution in [2.45, 2.75) is 38.1 Å². The lowest BCUT2D eigenvalue weighted by Crippen LogP contribution is -2.45. The Morgan fingerprint density at radius 3 is 3.10 bits per heavy atom. The van der Waals surface area contributed by atoms with Gasteiger partial charge in [-0.2, -0.15) is 0 Å². The maximum atomic E-state index is 4.01. The van der Waals surface area contributed by atoms with E-state index < -0.39 is 0 Å². The molecular formula is C18H22N2. The van der Waals surface area contributed by atoms with Gasteiger partial charge in [-0.3, -0.25) is 0 Å². The van der Waals surface area contributed by atoms with E-state index in [2.05, 4.69) is 47.2 Å². The first-order chi connectivity index (χ1) is 9.84. The number of piperidine rings is 1. The zero-order chi connectivity index (χ0) is 13.6. The highest BCUT2D eigenvalue weighted by Crippen LogP contribution is 2.52. The first kappa shape index (κ1) is 12.2. The Hall–Kier alpha value is -1.54. The lowest BCUT2D eigenvalue weighted by molar-refractivity contribution is 0.113. The fraction of sp³-hybridized carbons (Fsp3) is 0.444. The number of benzene rings is 1. The van der Waals surface area contributed by atoms with Gasteiger partial charge in [0.05, 0.1) is 0 Å². The van der Waals surface area contributed by atoms with Gasteiger partial charge in [-0.25, -0.2) is 0 Å². The van der Waals surface area contributed by atoms with Crippen LogP contribution in [0, 0.1) is 5.41 Å². The molecule has 1 aromatic carbocycles. The molecule has 1 fully saturated rings. The van der Waals surface area contributed by atoms with Crippen molar-refractivity contribution in [2.75, 3.05) is 6.54 Å². The monoisotopic (exact) mass is 266 g/mol. The van der Waals surface area contributed by atoms with Crippen LogP contribution in [-0.4, -0.2) is 11.5 Å². The fourth-order valence-corrected chi connectivity index (χ4v) is 4.45. The number of para-hydroxylation sites is 1. The third-order valence-electron chi connectivity index (χ3n) is 5.35. The number of aromatic nitrogens is 1. The molecule has 0 radical (unpaired) electrons. The number of nitrogens with one attached hydrogen (secondary N) is 2. The average molecular weight is 266 g/mol. The SMILES string of the molecule is C=CC[C@]12CCCN[C@@H]1c1c([nH]c3ccccc13)CC2. The van der Waals surface area contributed by atoms with Gasteiger partial charge in [0.2, 0.25) is 0 Å². The van der Waals surface area contributed by atoms with Gasteiger partial charge in [-0.05, 0) is 55.7 Å². The third kappa shape index (κ3) is 1.61. The molecule has 1 aliphatic heterocycles. The van der Waals surface area contributed by atoms with E-state index in [0.717, 1.165) is 13.0 Å². The Balaban J connectivity index is 1.90. The van der Waals surface area contributed by atoms with Crippen LogP contribution in [0.2, 0.25) is 0 Å². The van der Waals surface area contributed by atoms with Crippen LogP contribution in [0.5, 0.6) is 0 Å². The first-order valence-corrected chi connectivity index (χ1v) is 7.78. The number of fused-ring (bicyclic) bond motifs is 5. The summed E-state index contributed by atoms with van der Waals surface area (Å²) in [6.07, 6.45) is 8.33. The largest absolute Gasteiger partial charge is 0.358 e. The highest BCUT2D eigenvalue weighted by Gasteiger charge is 2.45. The molecule has 1 saturated heterocycles. The van der Waals surface area contributed by atoms with Crippen LogP contribution in [0.15, 0.2) is 36.9 Å². The highest BCUT2D eigenvalue weighted by molar-refractivity contribution is 5.85. The first-order valence-electron chi connectivity index (χ1n) is 7.78. The van der Waals surface area contributed by atoms with E-state index in [4.69, 9.17) is 0 Å². The molecule has 2 heterocycles. The van der Waals surface area contributed by atoms with Gasteiger partial charge >= 0.3 is 0 Å². The second kappa shape index (κ2) is 4.49. The number of hydrogen-bond acceptors (Lipinski definition) is 1. The average Bonchev–Trinajstić information content (AvgIpc) is 2.86. The van der Waals surface area contributed by atoms with E-state index in [1.54, 1.807) is 0 Å². The van der Waals surface area contributed by atoms with Gasteiger partial charge in [0, 0.05) is 22.6 Å². The molecule has 1 aromatic heterocycles. The smallest absolute Gasteiger partial charge is 0.0459 e. The number of H-pyrrole nitrogens is 1. The van der Waals surface area contributed by atoms with Crippen LogP contribution in [-0.2, 0) is 6.42 Å². The normalized spacial score (nSPS) is 28.9. The summed E-state index contributed by atoms with van der Waals surface area (Å²) in [5.41, 5.74) is 4.66. The van der Waals surface area contributed by atoms with Crippen molar-refractivity contribution < 1.29 is 0 Å². The molecule has 2 aromatic rings. The molecule has 20 heavy (non-hydrogen) atoms. The summed E-state index contributed by atoms with van der Waals surface area (Å²) in [4.78, 5) is 3.64. The molecule has 2 aliphatic rings. The maximum Gasteiger partial charge on any atom is 0.0459 e. The molecule has 0 amide bonds. The lowest BCUT2D eigenvalue weighted by Gasteiger charge is -2.47. The van der Waals surface area contributed by atoms with Crippen molar-refractivity contribution in [3.63, 3.8) is 0 Å². The summed E-state index contributed by atoms with van der Waals surface area (Å²) in [6.45, 7) is 5.15. The van der Waals surface area contributed by atoms with Gasteiger partial charge in [0.1, 0.15) is 0 Å². The van der Waals surface area contributed by atoms with Gasteiger partial charge in [-0.1, -0.05) is 24.3 Å². The number of aromatic amines is 1. The summed E-state index contributed by atoms with van der Waals surface area (Å²) >= 11 is 0. The Kier molecular flexibility index (Phi) is 2.74. The van der Waals surface area contributed by atoms with Crippen LogP contribution >= 0.6 is 0 Å². The quantitative estimate of drug-likeness (QED) is 0.787. The predicted octanol–water partition coefficient (Wildman–Crippen LogP) is 4.10. The third-order valence-corrected chi connectivity index (χ3v) is 5.35. The van der Waals surface area contributed by atoms with E-state index in [0.29, 0.717) is 11.5 Å². The standard InChI is InChI=1S/C18H22N2/c1-2-9-18-10-5-12-19-17(18)16-13-6-3-4-7-14(13)20-15(16)8-11-18/h2-4,6-7,17,19-20H,1,5,8-12H2/t17-,18-/m1/s1. The van der Waals surface area contributed by atoms with E-state index in [9.17, 15) is 0 Å². The summed E-state index contributed by atoms with van der Waals surface area (Å²) < 4.78 is 0. The molecule has 0 spiro atoms. The molecule has 1 aliphatic carbocycles. The van der Waals surface area contributed by atoms with Crippen molar-refractivity contribution in [1.82, 2.24) is 10.3 Å². The van der Waals surface area contributed by atoms with Crippen molar-refractivity contribution in [3.8, 4) is 0 Å². The van der Waals surface area contributed by atoms with Crippen LogP contribution in [0.3, 0.4) is 0 Å². The second-order valence-corrected chi connectivity index (χ2v) is 6.41. The number of hydrogen-bond donors (Lipinski definition) is 2. The van der Waals surface area contributed by atoms with Crippen LogP contribution in [0.4, 0.5) is 0 Å². The number of aryl methyl sites for hydroxylation is 1. The molecule has 104 valence electrons. The Bertz CT molecular complexity index is 654. The summed E-state index contributed by atoms with van der Waals surface area (Å²) in [5, 5.41) is 5.23. The Labute approximate surface area is 120 Å². The van der Waals surface area contributed by atoms with E-state index in [-0.39, 0.29) is 0 Å². The van der Waals surface area contributed by atoms with Crippen molar-refractivity contribution in [1.29, 1.82) is 0 Å². The molecule has 0 bridgehead atoms. The van der Waals surface area contributed by atoms with E-state index in [1.807, 2.05) is 0 Å². The Morgan fingerprint density at radius 1 is 1.30 bits per heavy atom. The molecule has 2 N–H and O–H groups in total. The van der Waals surface area contributed by atoms with Gasteiger partial charge < -0.3 is 10.3 Å². The van der Waals surface area contributed by atoms with Crippen LogP contribution in [0.1, 0.15) is 43.0 Å². The van der Waals surface area contributed by atoms with Crippen molar-refractivity contribution >= 4 is 10.9 Å². The summed E-state index contributed by atoms with van der Waals surface area (Å²) in [6, 6.07) is 9.24. The summed E-state index contributed by atoms with van der Waals surface area (Å²) in [7, 11) is 0. The fourth-order valence-electron chi connectivity index (χ4n) is 4.45. The van der Waals surface area contributed by atoms with Crippen molar-refractivity contribution in [3.05, 3.63) is 48.2 Å². The number of allylic oxidation sites excluding steroid dienone is 1. The molecule has 2 nitrogen and oxygen atoms in total. The van der Waals surface area contributed by atoms with Crippen LogP contribution < -0.4 is 5.32 Å². The molecule has 0 saturated carbocycles. The van der Waals surface area contributed by atoms with Gasteiger partial charge in [0.25, 0.3) is 0 Å². The number of rotatable bonds is 2.